The summed E-state index contributed by atoms with van der Waals surface area (Å²) in [6, 6.07) is 9.16. The van der Waals surface area contributed by atoms with E-state index in [1.807, 2.05) is 17.7 Å². The Kier molecular flexibility index (Phi) is 6.60. The van der Waals surface area contributed by atoms with E-state index in [0.29, 0.717) is 37.1 Å². The van der Waals surface area contributed by atoms with E-state index < -0.39 is 17.7 Å². The number of carbonyl (C=O) groups is 2. The number of aromatic nitrogens is 2. The van der Waals surface area contributed by atoms with Gasteiger partial charge in [-0.15, -0.1) is 0 Å². The average Bonchev–Trinajstić information content (AvgIpc) is 3.59. The summed E-state index contributed by atoms with van der Waals surface area (Å²) in [6.45, 7) is 4.99. The molecule has 5 rings (SSSR count). The molecular weight excluding hydrogens is 474 g/mol. The number of ether oxygens (including phenoxy) is 2. The third-order valence-electron chi connectivity index (χ3n) is 6.68. The molecule has 1 amide bonds. The molecule has 2 aliphatic heterocycles. The Hall–Kier alpha value is -4.27. The number of nitrogens with zero attached hydrogens (tertiary/aromatic N) is 3. The van der Waals surface area contributed by atoms with Crippen molar-refractivity contribution in [2.75, 3.05) is 13.2 Å². The maximum Gasteiger partial charge on any atom is 0.295 e. The van der Waals surface area contributed by atoms with Crippen molar-refractivity contribution in [1.82, 2.24) is 14.5 Å². The van der Waals surface area contributed by atoms with E-state index in [1.54, 1.807) is 49.8 Å². The zero-order chi connectivity index (χ0) is 26.1. The first-order valence-corrected chi connectivity index (χ1v) is 12.4. The number of ketones is 1. The third kappa shape index (κ3) is 4.64. The molecule has 1 saturated heterocycles. The summed E-state index contributed by atoms with van der Waals surface area (Å²) >= 11 is 0. The van der Waals surface area contributed by atoms with Crippen molar-refractivity contribution in [3.05, 3.63) is 77.4 Å². The molecule has 0 unspecified atom stereocenters. The molecule has 9 nitrogen and oxygen atoms in total. The smallest absolute Gasteiger partial charge is 0.295 e. The van der Waals surface area contributed by atoms with Gasteiger partial charge in [-0.05, 0) is 61.7 Å². The lowest BCUT2D eigenvalue weighted by Crippen LogP contribution is -2.31. The molecule has 1 fully saturated rings. The minimum Gasteiger partial charge on any atom is -0.507 e. The second-order valence-corrected chi connectivity index (χ2v) is 9.26. The fourth-order valence-corrected chi connectivity index (χ4v) is 5.00. The number of phenols is 1. The number of phenolic OH excluding ortho intramolecular Hbond substituents is 1. The van der Waals surface area contributed by atoms with Gasteiger partial charge >= 0.3 is 0 Å². The van der Waals surface area contributed by atoms with Crippen LogP contribution in [0.15, 0.2) is 60.7 Å². The Morgan fingerprint density at radius 2 is 2.03 bits per heavy atom. The van der Waals surface area contributed by atoms with Crippen LogP contribution >= 0.6 is 0 Å². The number of imidazole rings is 1. The van der Waals surface area contributed by atoms with E-state index in [2.05, 4.69) is 4.98 Å². The van der Waals surface area contributed by atoms with Crippen LogP contribution in [0.25, 0.3) is 5.76 Å². The summed E-state index contributed by atoms with van der Waals surface area (Å²) in [5.74, 6) is -0.722. The van der Waals surface area contributed by atoms with Crippen LogP contribution < -0.4 is 9.47 Å². The summed E-state index contributed by atoms with van der Waals surface area (Å²) in [5.41, 5.74) is 1.95. The fraction of sp³-hybridized carbons (Fsp3) is 0.321. The summed E-state index contributed by atoms with van der Waals surface area (Å²) in [4.78, 5) is 32.1. The highest BCUT2D eigenvalue weighted by Gasteiger charge is 2.46. The van der Waals surface area contributed by atoms with Gasteiger partial charge in [-0.3, -0.25) is 9.59 Å². The number of hydrogen-bond acceptors (Lipinski definition) is 7. The first-order chi connectivity index (χ1) is 17.9. The molecule has 2 aromatic carbocycles. The number of likely N-dealkylation sites (tertiary alicyclic amines) is 1. The number of aryl methyl sites for hydroxylation is 1. The van der Waals surface area contributed by atoms with Gasteiger partial charge in [0, 0.05) is 37.5 Å². The van der Waals surface area contributed by atoms with Crippen LogP contribution in [-0.4, -0.2) is 55.6 Å². The van der Waals surface area contributed by atoms with Gasteiger partial charge in [0.25, 0.3) is 11.7 Å². The van der Waals surface area contributed by atoms with Crippen molar-refractivity contribution >= 4 is 17.4 Å². The monoisotopic (exact) mass is 503 g/mol. The Morgan fingerprint density at radius 3 is 2.78 bits per heavy atom. The van der Waals surface area contributed by atoms with E-state index in [1.165, 1.54) is 11.0 Å². The number of fused-ring (bicyclic) bond motifs is 1. The predicted molar refractivity (Wildman–Crippen MR) is 135 cm³/mol. The number of Topliss-reactive ketones (excluding diaryl/α,β-unsaturated/α-hetero) is 1. The number of hydrogen-bond donors (Lipinski definition) is 2. The minimum atomic E-state index is -0.842. The molecule has 1 aromatic heterocycles. The van der Waals surface area contributed by atoms with Crippen molar-refractivity contribution in [2.45, 2.75) is 45.4 Å². The molecule has 3 heterocycles. The van der Waals surface area contributed by atoms with Crippen LogP contribution in [0.2, 0.25) is 0 Å². The highest BCUT2D eigenvalue weighted by Crippen LogP contribution is 2.42. The highest BCUT2D eigenvalue weighted by molar-refractivity contribution is 6.46. The van der Waals surface area contributed by atoms with Gasteiger partial charge in [0.15, 0.2) is 11.5 Å². The molecule has 2 aliphatic rings. The van der Waals surface area contributed by atoms with Crippen LogP contribution in [0.5, 0.6) is 17.2 Å². The van der Waals surface area contributed by atoms with Gasteiger partial charge in [0.2, 0.25) is 0 Å². The second-order valence-electron chi connectivity index (χ2n) is 9.26. The first-order valence-electron chi connectivity index (χ1n) is 12.4. The quantitative estimate of drug-likeness (QED) is 0.273. The number of amides is 1. The van der Waals surface area contributed by atoms with E-state index in [9.17, 15) is 19.8 Å². The number of benzene rings is 2. The van der Waals surface area contributed by atoms with E-state index in [-0.39, 0.29) is 35.5 Å². The molecule has 9 heteroatoms. The Bertz CT molecular complexity index is 1360. The van der Waals surface area contributed by atoms with Crippen molar-refractivity contribution in [1.29, 1.82) is 0 Å². The van der Waals surface area contributed by atoms with Gasteiger partial charge in [0.05, 0.1) is 24.5 Å². The molecule has 0 saturated carbocycles. The maximum absolute atomic E-state index is 13.3. The molecular formula is C28H29N3O6. The highest BCUT2D eigenvalue weighted by atomic mass is 16.5. The topological polar surface area (TPSA) is 114 Å². The summed E-state index contributed by atoms with van der Waals surface area (Å²) in [7, 11) is 0. The molecule has 0 aliphatic carbocycles. The van der Waals surface area contributed by atoms with Crippen LogP contribution in [0, 0.1) is 0 Å². The van der Waals surface area contributed by atoms with Crippen molar-refractivity contribution in [3.63, 3.8) is 0 Å². The predicted octanol–water partition coefficient (Wildman–Crippen LogP) is 3.82. The van der Waals surface area contributed by atoms with Crippen molar-refractivity contribution in [2.24, 2.45) is 0 Å². The molecule has 37 heavy (non-hydrogen) atoms. The van der Waals surface area contributed by atoms with Gasteiger partial charge in [-0.1, -0.05) is 6.07 Å². The number of aliphatic hydroxyl groups is 1. The Balaban J connectivity index is 1.56. The molecule has 0 spiro atoms. The Morgan fingerprint density at radius 1 is 1.19 bits per heavy atom. The number of aromatic hydroxyl groups is 1. The lowest BCUT2D eigenvalue weighted by atomic mass is 9.94. The average molecular weight is 504 g/mol. The lowest BCUT2D eigenvalue weighted by molar-refractivity contribution is -0.139. The van der Waals surface area contributed by atoms with Crippen LogP contribution in [0.1, 0.15) is 43.0 Å². The van der Waals surface area contributed by atoms with Crippen LogP contribution in [0.4, 0.5) is 0 Å². The van der Waals surface area contributed by atoms with Gasteiger partial charge in [0.1, 0.15) is 17.6 Å². The molecule has 0 radical (unpaired) electrons. The van der Waals surface area contributed by atoms with Gasteiger partial charge in [-0.25, -0.2) is 4.98 Å². The lowest BCUT2D eigenvalue weighted by Gasteiger charge is -2.26. The van der Waals surface area contributed by atoms with Crippen molar-refractivity contribution < 1.29 is 29.3 Å². The maximum atomic E-state index is 13.3. The number of carbonyl (C=O) groups excluding carboxylic acids is 2. The first kappa shape index (κ1) is 24.4. The second kappa shape index (κ2) is 10.0. The zero-order valence-corrected chi connectivity index (χ0v) is 20.8. The summed E-state index contributed by atoms with van der Waals surface area (Å²) in [5, 5.41) is 21.6. The molecule has 2 atom stereocenters. The molecule has 192 valence electrons. The van der Waals surface area contributed by atoms with Crippen LogP contribution in [-0.2, 0) is 22.6 Å². The fourth-order valence-electron chi connectivity index (χ4n) is 5.00. The van der Waals surface area contributed by atoms with Crippen molar-refractivity contribution in [3.8, 4) is 17.2 Å². The van der Waals surface area contributed by atoms with E-state index in [0.717, 1.165) is 11.3 Å². The van der Waals surface area contributed by atoms with Gasteiger partial charge in [-0.2, -0.15) is 0 Å². The largest absolute Gasteiger partial charge is 0.507 e. The van der Waals surface area contributed by atoms with Crippen LogP contribution in [0.3, 0.4) is 0 Å². The number of rotatable bonds is 8. The Labute approximate surface area is 214 Å². The van der Waals surface area contributed by atoms with E-state index in [4.69, 9.17) is 9.47 Å². The SMILES string of the molecule is CCOc1cc([C@H]2C(=C(O)c3ccc4c(c3)C[C@@H](C)O4)C(=O)C(=O)N2CCCn2ccnc2)ccc1O. The summed E-state index contributed by atoms with van der Waals surface area (Å²) < 4.78 is 13.2. The van der Waals surface area contributed by atoms with Gasteiger partial charge < -0.3 is 29.2 Å². The van der Waals surface area contributed by atoms with E-state index >= 15 is 0 Å². The number of aliphatic hydroxyl groups excluding tert-OH is 1. The normalized spacial score (nSPS) is 20.2. The third-order valence-corrected chi connectivity index (χ3v) is 6.68. The summed E-state index contributed by atoms with van der Waals surface area (Å²) in [6.07, 6.45) is 6.50. The molecule has 3 aromatic rings. The molecule has 0 bridgehead atoms. The zero-order valence-electron chi connectivity index (χ0n) is 20.8. The standard InChI is InChI=1S/C28H29N3O6/c1-3-36-23-15-18(5-7-21(23)32)25-24(26(33)19-6-8-22-20(14-19)13-17(2)37-22)27(34)28(35)31(25)11-4-10-30-12-9-29-16-30/h5-9,12,14-17,25,32-33H,3-4,10-11,13H2,1-2H3/t17-,25+/m1/s1. The minimum absolute atomic E-state index is 0.00711. The molecule has 2 N–H and O–H groups in total.